The Hall–Kier alpha value is -3.73. The first kappa shape index (κ1) is 35.7. The summed E-state index contributed by atoms with van der Waals surface area (Å²) in [6.07, 6.45) is 12.7. The molecule has 2 aliphatic carbocycles. The molecule has 51 heavy (non-hydrogen) atoms. The quantitative estimate of drug-likeness (QED) is 0.373. The van der Waals surface area contributed by atoms with Gasteiger partial charge in [0, 0.05) is 63.4 Å². The summed E-state index contributed by atoms with van der Waals surface area (Å²) in [4.78, 5) is 61.5. The Morgan fingerprint density at radius 2 is 1.57 bits per heavy atom. The van der Waals surface area contributed by atoms with E-state index in [1.807, 2.05) is 47.1 Å². The second kappa shape index (κ2) is 14.7. The van der Waals surface area contributed by atoms with E-state index in [0.29, 0.717) is 57.4 Å². The largest absolute Gasteiger partial charge is 0.376 e. The van der Waals surface area contributed by atoms with Crippen LogP contribution in [0.1, 0.15) is 94.5 Å². The Morgan fingerprint density at radius 3 is 2.25 bits per heavy atom. The molecule has 4 heterocycles. The van der Waals surface area contributed by atoms with Crippen LogP contribution in [0.3, 0.4) is 0 Å². The van der Waals surface area contributed by atoms with Crippen molar-refractivity contribution in [1.82, 2.24) is 29.8 Å². The van der Waals surface area contributed by atoms with Crippen LogP contribution in [-0.2, 0) is 25.7 Å². The highest BCUT2D eigenvalue weighted by molar-refractivity contribution is 5.96. The fourth-order valence-corrected chi connectivity index (χ4v) is 8.98. The van der Waals surface area contributed by atoms with Crippen LogP contribution < -0.4 is 5.32 Å². The van der Waals surface area contributed by atoms with Crippen molar-refractivity contribution >= 4 is 23.6 Å². The van der Waals surface area contributed by atoms with Crippen molar-refractivity contribution in [3.63, 3.8) is 0 Å². The van der Waals surface area contributed by atoms with Crippen LogP contribution in [0.5, 0.6) is 0 Å². The van der Waals surface area contributed by atoms with Crippen molar-refractivity contribution in [2.75, 3.05) is 45.9 Å². The first-order valence-corrected chi connectivity index (χ1v) is 19.4. The van der Waals surface area contributed by atoms with E-state index in [1.54, 1.807) is 22.0 Å². The summed E-state index contributed by atoms with van der Waals surface area (Å²) in [5, 5.41) is 7.64. The maximum atomic E-state index is 14.5. The number of carbonyl (C=O) groups is 4. The zero-order valence-corrected chi connectivity index (χ0v) is 30.7. The molecule has 1 aromatic carbocycles. The molecule has 1 aromatic heterocycles. The third kappa shape index (κ3) is 7.74. The van der Waals surface area contributed by atoms with Gasteiger partial charge in [-0.15, -0.1) is 0 Å². The summed E-state index contributed by atoms with van der Waals surface area (Å²) in [6.45, 7) is 10.1. The van der Waals surface area contributed by atoms with Crippen molar-refractivity contribution in [3.8, 4) is 0 Å². The number of amides is 4. The maximum Gasteiger partial charge on any atom is 0.257 e. The molecule has 7 rings (SSSR count). The van der Waals surface area contributed by atoms with E-state index in [-0.39, 0.29) is 41.5 Å². The number of aromatic nitrogens is 2. The van der Waals surface area contributed by atoms with Gasteiger partial charge in [-0.3, -0.25) is 23.9 Å². The number of ether oxygens (including phenoxy) is 1. The van der Waals surface area contributed by atoms with Gasteiger partial charge >= 0.3 is 0 Å². The van der Waals surface area contributed by atoms with E-state index in [4.69, 9.17) is 4.74 Å². The van der Waals surface area contributed by atoms with Crippen molar-refractivity contribution in [2.24, 2.45) is 28.6 Å². The Labute approximate surface area is 302 Å². The van der Waals surface area contributed by atoms with Gasteiger partial charge in [-0.2, -0.15) is 5.10 Å². The number of hydrogen-bond donors (Lipinski definition) is 1. The Morgan fingerprint density at radius 1 is 0.902 bits per heavy atom. The van der Waals surface area contributed by atoms with E-state index in [0.717, 1.165) is 44.1 Å². The lowest BCUT2D eigenvalue weighted by Gasteiger charge is -2.50. The molecule has 0 unspecified atom stereocenters. The van der Waals surface area contributed by atoms with Gasteiger partial charge in [-0.05, 0) is 62.3 Å². The van der Waals surface area contributed by atoms with Crippen molar-refractivity contribution < 1.29 is 23.9 Å². The SMILES string of the molecule is C[C@@H](OCC1CCCCC1)[C@H](NC(=O)[C@@H]1CN(C(=O)c2cnn(Cc3ccccc3)c2)CC12CN(C(=O)[C@H]1CC1(C)C)C2)C(=O)N1CCCCC1. The molecular formula is C40H56N6O5. The molecule has 4 atom stereocenters. The zero-order valence-electron chi connectivity index (χ0n) is 30.7. The first-order chi connectivity index (χ1) is 24.5. The van der Waals surface area contributed by atoms with Gasteiger partial charge in [0.2, 0.25) is 17.7 Å². The molecule has 0 radical (unpaired) electrons. The molecule has 5 aliphatic rings. The molecule has 4 amide bonds. The van der Waals surface area contributed by atoms with E-state index in [2.05, 4.69) is 24.3 Å². The highest BCUT2D eigenvalue weighted by atomic mass is 16.5. The zero-order chi connectivity index (χ0) is 35.8. The summed E-state index contributed by atoms with van der Waals surface area (Å²) in [7, 11) is 0. The Kier molecular flexibility index (Phi) is 10.3. The highest BCUT2D eigenvalue weighted by Crippen LogP contribution is 2.54. The second-order valence-corrected chi connectivity index (χ2v) is 16.9. The number of likely N-dealkylation sites (tertiary alicyclic amines) is 3. The molecule has 5 fully saturated rings. The number of piperidine rings is 1. The first-order valence-electron chi connectivity index (χ1n) is 19.4. The average molecular weight is 701 g/mol. The third-order valence-electron chi connectivity index (χ3n) is 12.5. The number of benzene rings is 1. The summed E-state index contributed by atoms with van der Waals surface area (Å²) in [5.74, 6) is -0.461. The number of nitrogens with zero attached hydrogens (tertiary/aromatic N) is 5. The molecule has 1 N–H and O–H groups in total. The van der Waals surface area contributed by atoms with Crippen molar-refractivity contribution in [3.05, 3.63) is 53.9 Å². The van der Waals surface area contributed by atoms with Gasteiger partial charge in [-0.1, -0.05) is 63.4 Å². The fraction of sp³-hybridized carbons (Fsp3) is 0.675. The Balaban J connectivity index is 1.08. The molecule has 2 aromatic rings. The lowest BCUT2D eigenvalue weighted by molar-refractivity contribution is -0.153. The normalized spacial score (nSPS) is 25.3. The summed E-state index contributed by atoms with van der Waals surface area (Å²) >= 11 is 0. The van der Waals surface area contributed by atoms with Crippen molar-refractivity contribution in [2.45, 2.75) is 97.2 Å². The molecular weight excluding hydrogens is 644 g/mol. The Bertz CT molecular complexity index is 1570. The number of rotatable bonds is 11. The predicted molar refractivity (Wildman–Crippen MR) is 192 cm³/mol. The predicted octanol–water partition coefficient (Wildman–Crippen LogP) is 4.36. The molecule has 3 aliphatic heterocycles. The standard InChI is InChI=1S/C40H56N6O5/c1-28(51-24-30-15-9-5-10-16-30)34(38(50)43-17-11-6-12-18-43)42-35(47)33-23-44(25-40(33)26-45(27-40)37(49)32-19-39(32,2)3)36(48)31-20-41-46(22-31)21-29-13-7-4-8-14-29/h4,7-8,13-14,20,22,28,30,32-34H,5-6,9-12,15-19,21,23-27H2,1-3H3,(H,42,47)/t28-,32-,33+,34+/m1/s1. The van der Waals surface area contributed by atoms with Gasteiger partial charge in [-0.25, -0.2) is 0 Å². The molecule has 2 saturated carbocycles. The summed E-state index contributed by atoms with van der Waals surface area (Å²) in [5.41, 5.74) is 0.973. The van der Waals surface area contributed by atoms with Crippen LogP contribution >= 0.6 is 0 Å². The molecule has 3 saturated heterocycles. The fourth-order valence-electron chi connectivity index (χ4n) is 8.98. The van der Waals surface area contributed by atoms with Crippen LogP contribution in [0, 0.1) is 28.6 Å². The monoisotopic (exact) mass is 700 g/mol. The van der Waals surface area contributed by atoms with E-state index in [9.17, 15) is 19.2 Å². The summed E-state index contributed by atoms with van der Waals surface area (Å²) in [6, 6.07) is 9.15. The van der Waals surface area contributed by atoms with Gasteiger partial charge in [0.05, 0.1) is 30.3 Å². The average Bonchev–Trinajstić information content (AvgIpc) is 3.42. The third-order valence-corrected chi connectivity index (χ3v) is 12.5. The van der Waals surface area contributed by atoms with Crippen LogP contribution in [0.4, 0.5) is 0 Å². The molecule has 0 bridgehead atoms. The minimum Gasteiger partial charge on any atom is -0.376 e. The van der Waals surface area contributed by atoms with E-state index >= 15 is 0 Å². The topological polar surface area (TPSA) is 117 Å². The van der Waals surface area contributed by atoms with Gasteiger partial charge < -0.3 is 24.8 Å². The van der Waals surface area contributed by atoms with Crippen LogP contribution in [0.2, 0.25) is 0 Å². The highest BCUT2D eigenvalue weighted by Gasteiger charge is 2.62. The van der Waals surface area contributed by atoms with Gasteiger partial charge in [0.1, 0.15) is 6.04 Å². The van der Waals surface area contributed by atoms with Crippen LogP contribution in [-0.4, -0.2) is 106 Å². The van der Waals surface area contributed by atoms with Gasteiger partial charge in [0.25, 0.3) is 5.91 Å². The minimum atomic E-state index is -0.817. The maximum absolute atomic E-state index is 14.5. The van der Waals surface area contributed by atoms with E-state index in [1.165, 1.54) is 19.3 Å². The second-order valence-electron chi connectivity index (χ2n) is 16.9. The smallest absolute Gasteiger partial charge is 0.257 e. The van der Waals surface area contributed by atoms with E-state index < -0.39 is 23.5 Å². The van der Waals surface area contributed by atoms with Gasteiger partial charge in [0.15, 0.2) is 0 Å². The minimum absolute atomic E-state index is 0.00396. The van der Waals surface area contributed by atoms with Crippen LogP contribution in [0.15, 0.2) is 42.7 Å². The van der Waals surface area contributed by atoms with Crippen LogP contribution in [0.25, 0.3) is 0 Å². The lowest BCUT2D eigenvalue weighted by atomic mass is 9.70. The summed E-state index contributed by atoms with van der Waals surface area (Å²) < 4.78 is 8.14. The number of nitrogens with one attached hydrogen (secondary N) is 1. The molecule has 11 nitrogen and oxygen atoms in total. The van der Waals surface area contributed by atoms with Crippen molar-refractivity contribution in [1.29, 1.82) is 0 Å². The number of hydrogen-bond acceptors (Lipinski definition) is 6. The molecule has 276 valence electrons. The molecule has 1 spiro atoms. The number of carbonyl (C=O) groups excluding carboxylic acids is 4. The lowest BCUT2D eigenvalue weighted by Crippen LogP contribution is -2.65. The molecule has 11 heteroatoms.